The Balaban J connectivity index is 0. The third kappa shape index (κ3) is 13.9. The molecule has 0 fully saturated rings. The number of rotatable bonds is 6. The summed E-state index contributed by atoms with van der Waals surface area (Å²) in [7, 11) is 0. The van der Waals surface area contributed by atoms with Gasteiger partial charge >= 0.3 is 6.18 Å². The standard InChI is InChI=1S/C11H22F3N3.HI/c1-4-15-10(17-9(2)3)16-8-6-5-7-11(12,13)14;/h9H,4-8H2,1-3H3,(H2,15,16,17);1H. The molecule has 18 heavy (non-hydrogen) atoms. The average molecular weight is 381 g/mol. The van der Waals surface area contributed by atoms with Gasteiger partial charge in [-0.25, -0.2) is 0 Å². The Morgan fingerprint density at radius 3 is 2.28 bits per heavy atom. The van der Waals surface area contributed by atoms with Crippen molar-refractivity contribution in [3.8, 4) is 0 Å². The van der Waals surface area contributed by atoms with Crippen molar-refractivity contribution in [3.05, 3.63) is 0 Å². The van der Waals surface area contributed by atoms with Gasteiger partial charge in [-0.1, -0.05) is 0 Å². The minimum absolute atomic E-state index is 0. The molecule has 0 aliphatic rings. The molecule has 0 aromatic rings. The molecule has 0 heterocycles. The third-order valence-corrected chi connectivity index (χ3v) is 1.91. The summed E-state index contributed by atoms with van der Waals surface area (Å²) < 4.78 is 35.6. The second kappa shape index (κ2) is 10.7. The summed E-state index contributed by atoms with van der Waals surface area (Å²) in [6.07, 6.45) is -4.19. The Morgan fingerprint density at radius 1 is 1.22 bits per heavy atom. The predicted molar refractivity (Wildman–Crippen MR) is 79.6 cm³/mol. The molecule has 0 rings (SSSR count). The van der Waals surface area contributed by atoms with Crippen LogP contribution in [-0.2, 0) is 0 Å². The molecule has 0 saturated heterocycles. The van der Waals surface area contributed by atoms with E-state index in [0.29, 0.717) is 18.9 Å². The van der Waals surface area contributed by atoms with Gasteiger partial charge in [0.15, 0.2) is 5.96 Å². The van der Waals surface area contributed by atoms with Crippen LogP contribution in [-0.4, -0.2) is 31.3 Å². The van der Waals surface area contributed by atoms with Crippen molar-refractivity contribution in [2.75, 3.05) is 13.1 Å². The molecule has 110 valence electrons. The summed E-state index contributed by atoms with van der Waals surface area (Å²) >= 11 is 0. The number of guanidine groups is 1. The zero-order valence-electron chi connectivity index (χ0n) is 11.1. The molecular formula is C11H23F3IN3. The first-order valence-corrected chi connectivity index (χ1v) is 5.96. The number of nitrogens with zero attached hydrogens (tertiary/aromatic N) is 1. The lowest BCUT2D eigenvalue weighted by atomic mass is 10.2. The van der Waals surface area contributed by atoms with Crippen molar-refractivity contribution in [1.29, 1.82) is 0 Å². The highest BCUT2D eigenvalue weighted by Crippen LogP contribution is 2.21. The largest absolute Gasteiger partial charge is 0.389 e. The fraction of sp³-hybridized carbons (Fsp3) is 0.909. The van der Waals surface area contributed by atoms with E-state index in [1.165, 1.54) is 0 Å². The lowest BCUT2D eigenvalue weighted by molar-refractivity contribution is -0.135. The molecular weight excluding hydrogens is 358 g/mol. The molecule has 3 nitrogen and oxygen atoms in total. The van der Waals surface area contributed by atoms with E-state index < -0.39 is 12.6 Å². The maximum atomic E-state index is 11.9. The number of alkyl halides is 3. The van der Waals surface area contributed by atoms with E-state index >= 15 is 0 Å². The van der Waals surface area contributed by atoms with Gasteiger partial charge < -0.3 is 10.6 Å². The molecule has 0 bridgehead atoms. The Kier molecular flexibility index (Phi) is 11.9. The smallest absolute Gasteiger partial charge is 0.357 e. The average Bonchev–Trinajstić information content (AvgIpc) is 2.14. The van der Waals surface area contributed by atoms with Gasteiger partial charge in [0.2, 0.25) is 0 Å². The van der Waals surface area contributed by atoms with Gasteiger partial charge in [0.25, 0.3) is 0 Å². The molecule has 0 unspecified atom stereocenters. The summed E-state index contributed by atoms with van der Waals surface area (Å²) in [5.74, 6) is 0.662. The van der Waals surface area contributed by atoms with E-state index in [2.05, 4.69) is 15.6 Å². The number of aliphatic imine (C=N–C) groups is 1. The first-order chi connectivity index (χ1) is 7.85. The maximum absolute atomic E-state index is 11.9. The lowest BCUT2D eigenvalue weighted by Crippen LogP contribution is -2.41. The van der Waals surface area contributed by atoms with Crippen LogP contribution >= 0.6 is 24.0 Å². The molecule has 0 aliphatic carbocycles. The zero-order valence-corrected chi connectivity index (χ0v) is 13.4. The van der Waals surface area contributed by atoms with Crippen molar-refractivity contribution in [3.63, 3.8) is 0 Å². The lowest BCUT2D eigenvalue weighted by Gasteiger charge is -2.13. The molecule has 0 aliphatic heterocycles. The summed E-state index contributed by atoms with van der Waals surface area (Å²) in [6, 6.07) is 0.253. The molecule has 0 spiro atoms. The molecule has 7 heteroatoms. The SMILES string of the molecule is CCNC(=NCCCCC(F)(F)F)NC(C)C.I. The van der Waals surface area contributed by atoms with Gasteiger partial charge in [0, 0.05) is 25.6 Å². The maximum Gasteiger partial charge on any atom is 0.389 e. The Morgan fingerprint density at radius 2 is 1.83 bits per heavy atom. The van der Waals surface area contributed by atoms with Gasteiger partial charge in [0.05, 0.1) is 0 Å². The number of halogens is 4. The molecule has 0 atom stereocenters. The minimum Gasteiger partial charge on any atom is -0.357 e. The van der Waals surface area contributed by atoms with Crippen LogP contribution < -0.4 is 10.6 Å². The van der Waals surface area contributed by atoms with Crippen LogP contribution in [0.3, 0.4) is 0 Å². The van der Waals surface area contributed by atoms with Crippen LogP contribution in [0, 0.1) is 0 Å². The third-order valence-electron chi connectivity index (χ3n) is 1.91. The highest BCUT2D eigenvalue weighted by molar-refractivity contribution is 14.0. The van der Waals surface area contributed by atoms with Crippen LogP contribution in [0.15, 0.2) is 4.99 Å². The van der Waals surface area contributed by atoms with Crippen LogP contribution in [0.2, 0.25) is 0 Å². The van der Waals surface area contributed by atoms with Gasteiger partial charge in [-0.15, -0.1) is 24.0 Å². The number of hydrogen-bond acceptors (Lipinski definition) is 1. The molecule has 0 aromatic heterocycles. The predicted octanol–water partition coefficient (Wildman–Crippen LogP) is 3.30. The first-order valence-electron chi connectivity index (χ1n) is 5.96. The number of nitrogens with one attached hydrogen (secondary N) is 2. The molecule has 2 N–H and O–H groups in total. The topological polar surface area (TPSA) is 36.4 Å². The van der Waals surface area contributed by atoms with Gasteiger partial charge in [-0.2, -0.15) is 13.2 Å². The van der Waals surface area contributed by atoms with Crippen LogP contribution in [0.4, 0.5) is 13.2 Å². The fourth-order valence-electron chi connectivity index (χ4n) is 1.22. The van der Waals surface area contributed by atoms with E-state index in [9.17, 15) is 13.2 Å². The van der Waals surface area contributed by atoms with Crippen molar-refractivity contribution in [2.45, 2.75) is 52.3 Å². The first kappa shape index (κ1) is 20.1. The Hall–Kier alpha value is -0.210. The van der Waals surface area contributed by atoms with E-state index in [1.54, 1.807) is 0 Å². The van der Waals surface area contributed by atoms with Gasteiger partial charge in [-0.05, 0) is 33.6 Å². The summed E-state index contributed by atoms with van der Waals surface area (Å²) in [4.78, 5) is 4.20. The summed E-state index contributed by atoms with van der Waals surface area (Å²) in [5, 5.41) is 6.14. The highest BCUT2D eigenvalue weighted by Gasteiger charge is 2.25. The molecule has 0 saturated carbocycles. The Bertz CT molecular complexity index is 230. The molecule has 0 radical (unpaired) electrons. The quantitative estimate of drug-likeness (QED) is 0.321. The van der Waals surface area contributed by atoms with Gasteiger partial charge in [0.1, 0.15) is 0 Å². The zero-order chi connectivity index (χ0) is 13.3. The fourth-order valence-corrected chi connectivity index (χ4v) is 1.22. The van der Waals surface area contributed by atoms with E-state index in [4.69, 9.17) is 0 Å². The van der Waals surface area contributed by atoms with Crippen LogP contribution in [0.25, 0.3) is 0 Å². The second-order valence-corrected chi connectivity index (χ2v) is 4.13. The number of hydrogen-bond donors (Lipinski definition) is 2. The summed E-state index contributed by atoms with van der Waals surface area (Å²) in [5.41, 5.74) is 0. The summed E-state index contributed by atoms with van der Waals surface area (Å²) in [6.45, 7) is 7.06. The number of unbranched alkanes of at least 4 members (excludes halogenated alkanes) is 1. The van der Waals surface area contributed by atoms with Crippen LogP contribution in [0.1, 0.15) is 40.0 Å². The van der Waals surface area contributed by atoms with Gasteiger partial charge in [-0.3, -0.25) is 4.99 Å². The van der Waals surface area contributed by atoms with Crippen molar-refractivity contribution < 1.29 is 13.2 Å². The van der Waals surface area contributed by atoms with E-state index in [0.717, 1.165) is 6.54 Å². The minimum atomic E-state index is -4.05. The van der Waals surface area contributed by atoms with Crippen molar-refractivity contribution in [1.82, 2.24) is 10.6 Å². The highest BCUT2D eigenvalue weighted by atomic mass is 127. The monoisotopic (exact) mass is 381 g/mol. The molecule has 0 amide bonds. The molecule has 0 aromatic carbocycles. The van der Waals surface area contributed by atoms with Crippen molar-refractivity contribution >= 4 is 29.9 Å². The second-order valence-electron chi connectivity index (χ2n) is 4.13. The van der Waals surface area contributed by atoms with E-state index in [-0.39, 0.29) is 36.4 Å². The van der Waals surface area contributed by atoms with E-state index in [1.807, 2.05) is 20.8 Å². The van der Waals surface area contributed by atoms with Crippen LogP contribution in [0.5, 0.6) is 0 Å². The normalized spacial score (nSPS) is 12.3. The Labute approximate surface area is 124 Å². The van der Waals surface area contributed by atoms with Crippen molar-refractivity contribution in [2.24, 2.45) is 4.99 Å².